The number of sulfonamides is 1. The lowest BCUT2D eigenvalue weighted by molar-refractivity contribution is -0.384. The van der Waals surface area contributed by atoms with Crippen LogP contribution in [0.4, 0.5) is 17.1 Å². The van der Waals surface area contributed by atoms with Crippen LogP contribution in [0.2, 0.25) is 5.02 Å². The van der Waals surface area contributed by atoms with E-state index in [1.54, 1.807) is 25.1 Å². The third-order valence-corrected chi connectivity index (χ3v) is 5.31. The van der Waals surface area contributed by atoms with Gasteiger partial charge in [-0.1, -0.05) is 17.7 Å². The van der Waals surface area contributed by atoms with Crippen molar-refractivity contribution in [1.82, 2.24) is 0 Å². The Hall–Kier alpha value is -2.65. The van der Waals surface area contributed by atoms with E-state index in [1.165, 1.54) is 25.1 Å². The lowest BCUT2D eigenvalue weighted by Crippen LogP contribution is -2.45. The molecule has 0 unspecified atom stereocenters. The van der Waals surface area contributed by atoms with E-state index >= 15 is 0 Å². The van der Waals surface area contributed by atoms with Gasteiger partial charge in [-0.3, -0.25) is 19.2 Å². The summed E-state index contributed by atoms with van der Waals surface area (Å²) in [6.07, 6.45) is 0.934. The van der Waals surface area contributed by atoms with Gasteiger partial charge in [0.25, 0.3) is 5.69 Å². The number of aryl methyl sites for hydroxylation is 1. The molecule has 0 aliphatic carbocycles. The lowest BCUT2D eigenvalue weighted by Gasteiger charge is -2.28. The van der Waals surface area contributed by atoms with Gasteiger partial charge in [0.05, 0.1) is 16.9 Å². The molecule has 144 valence electrons. The molecule has 1 amide bonds. The van der Waals surface area contributed by atoms with E-state index in [0.717, 1.165) is 16.6 Å². The van der Waals surface area contributed by atoms with Gasteiger partial charge in [-0.25, -0.2) is 8.42 Å². The third-order valence-electron chi connectivity index (χ3n) is 3.83. The zero-order valence-corrected chi connectivity index (χ0v) is 16.4. The number of rotatable bonds is 6. The van der Waals surface area contributed by atoms with Crippen LogP contribution < -0.4 is 9.62 Å². The van der Waals surface area contributed by atoms with Crippen molar-refractivity contribution >= 4 is 44.6 Å². The SMILES string of the molecule is Cc1cc(Cl)ccc1NC(=O)[C@@H](C)N(c1cccc([N+](=O)[O-])c1)S(C)(=O)=O. The minimum absolute atomic E-state index is 0.0298. The van der Waals surface area contributed by atoms with Crippen molar-refractivity contribution < 1.29 is 18.1 Å². The van der Waals surface area contributed by atoms with Gasteiger partial charge in [-0.05, 0) is 43.7 Å². The van der Waals surface area contributed by atoms with Gasteiger partial charge in [0.2, 0.25) is 15.9 Å². The highest BCUT2D eigenvalue weighted by molar-refractivity contribution is 7.92. The first kappa shape index (κ1) is 20.7. The number of nitro groups is 1. The smallest absolute Gasteiger partial charge is 0.271 e. The fourth-order valence-corrected chi connectivity index (χ4v) is 3.95. The molecule has 0 bridgehead atoms. The molecule has 0 saturated carbocycles. The van der Waals surface area contributed by atoms with Crippen LogP contribution in [-0.2, 0) is 14.8 Å². The first-order chi connectivity index (χ1) is 12.5. The van der Waals surface area contributed by atoms with Crippen molar-refractivity contribution in [3.05, 3.63) is 63.2 Å². The largest absolute Gasteiger partial charge is 0.324 e. The van der Waals surface area contributed by atoms with Gasteiger partial charge in [0.15, 0.2) is 0 Å². The molecule has 27 heavy (non-hydrogen) atoms. The molecule has 0 aliphatic heterocycles. The molecule has 2 rings (SSSR count). The molecule has 2 aromatic rings. The van der Waals surface area contributed by atoms with Gasteiger partial charge in [-0.15, -0.1) is 0 Å². The monoisotopic (exact) mass is 411 g/mol. The standard InChI is InChI=1S/C17H18ClN3O5S/c1-11-9-13(18)7-8-16(11)19-17(22)12(2)20(27(3,25)26)14-5-4-6-15(10-14)21(23)24/h4-10,12H,1-3H3,(H,19,22)/t12-/m1/s1. The summed E-state index contributed by atoms with van der Waals surface area (Å²) in [6.45, 7) is 3.15. The Morgan fingerprint density at radius 3 is 2.48 bits per heavy atom. The van der Waals surface area contributed by atoms with Crippen LogP contribution in [0.3, 0.4) is 0 Å². The Morgan fingerprint density at radius 1 is 1.26 bits per heavy atom. The number of hydrogen-bond donors (Lipinski definition) is 1. The van der Waals surface area contributed by atoms with Gasteiger partial charge < -0.3 is 5.32 Å². The molecule has 1 N–H and O–H groups in total. The van der Waals surface area contributed by atoms with Crippen molar-refractivity contribution in [2.75, 3.05) is 15.9 Å². The quantitative estimate of drug-likeness (QED) is 0.579. The summed E-state index contributed by atoms with van der Waals surface area (Å²) in [5.41, 5.74) is 0.956. The topological polar surface area (TPSA) is 110 Å². The second kappa shape index (κ2) is 7.93. The van der Waals surface area contributed by atoms with Crippen LogP contribution in [0.5, 0.6) is 0 Å². The van der Waals surface area contributed by atoms with Crippen LogP contribution in [0.1, 0.15) is 12.5 Å². The number of non-ortho nitro benzene ring substituents is 1. The van der Waals surface area contributed by atoms with Gasteiger partial charge in [0.1, 0.15) is 6.04 Å². The average Bonchev–Trinajstić information content (AvgIpc) is 2.56. The summed E-state index contributed by atoms with van der Waals surface area (Å²) >= 11 is 5.89. The number of anilines is 2. The average molecular weight is 412 g/mol. The first-order valence-electron chi connectivity index (χ1n) is 7.81. The number of nitro benzene ring substituents is 1. The van der Waals surface area contributed by atoms with Crippen LogP contribution in [0.25, 0.3) is 0 Å². The maximum absolute atomic E-state index is 12.6. The summed E-state index contributed by atoms with van der Waals surface area (Å²) in [5, 5.41) is 14.1. The van der Waals surface area contributed by atoms with Crippen molar-refractivity contribution in [1.29, 1.82) is 0 Å². The van der Waals surface area contributed by atoms with E-state index in [9.17, 15) is 23.3 Å². The summed E-state index contributed by atoms with van der Waals surface area (Å²) < 4.78 is 25.4. The third kappa shape index (κ3) is 4.95. The Bertz CT molecular complexity index is 994. The van der Waals surface area contributed by atoms with Crippen molar-refractivity contribution in [2.45, 2.75) is 19.9 Å². The van der Waals surface area contributed by atoms with Gasteiger partial charge >= 0.3 is 0 Å². The summed E-state index contributed by atoms with van der Waals surface area (Å²) in [7, 11) is -3.89. The van der Waals surface area contributed by atoms with E-state index in [0.29, 0.717) is 16.3 Å². The molecule has 2 aromatic carbocycles. The Labute approximate surface area is 162 Å². The zero-order valence-electron chi connectivity index (χ0n) is 14.8. The normalized spacial score (nSPS) is 12.3. The van der Waals surface area contributed by atoms with Crippen LogP contribution in [0, 0.1) is 17.0 Å². The molecule has 0 aromatic heterocycles. The molecule has 0 heterocycles. The van der Waals surface area contributed by atoms with E-state index in [1.807, 2.05) is 0 Å². The zero-order chi connectivity index (χ0) is 20.4. The maximum atomic E-state index is 12.6. The fraction of sp³-hybridized carbons (Fsp3) is 0.235. The van der Waals surface area contributed by atoms with Crippen molar-refractivity contribution in [2.24, 2.45) is 0 Å². The molecule has 0 spiro atoms. The summed E-state index contributed by atoms with van der Waals surface area (Å²) in [6, 6.07) is 8.84. The van der Waals surface area contributed by atoms with Crippen LogP contribution in [-0.4, -0.2) is 31.5 Å². The number of nitrogens with one attached hydrogen (secondary N) is 1. The number of halogens is 1. The van der Waals surface area contributed by atoms with Crippen molar-refractivity contribution in [3.63, 3.8) is 0 Å². The highest BCUT2D eigenvalue weighted by Crippen LogP contribution is 2.26. The van der Waals surface area contributed by atoms with Gasteiger partial charge in [0, 0.05) is 22.8 Å². The van der Waals surface area contributed by atoms with Crippen LogP contribution >= 0.6 is 11.6 Å². The second-order valence-corrected chi connectivity index (χ2v) is 8.26. The van der Waals surface area contributed by atoms with E-state index in [4.69, 9.17) is 11.6 Å². The molecule has 0 saturated heterocycles. The summed E-state index contributed by atoms with van der Waals surface area (Å²) in [5.74, 6) is -0.586. The van der Waals surface area contributed by atoms with Gasteiger partial charge in [-0.2, -0.15) is 0 Å². The molecule has 1 atom stereocenters. The number of benzene rings is 2. The molecule has 0 fully saturated rings. The minimum Gasteiger partial charge on any atom is -0.324 e. The molecular formula is C17H18ClN3O5S. The number of hydrogen-bond acceptors (Lipinski definition) is 5. The highest BCUT2D eigenvalue weighted by Gasteiger charge is 2.30. The fourth-order valence-electron chi connectivity index (χ4n) is 2.56. The van der Waals surface area contributed by atoms with Crippen LogP contribution in [0.15, 0.2) is 42.5 Å². The second-order valence-electron chi connectivity index (χ2n) is 5.96. The number of carbonyl (C=O) groups is 1. The number of amides is 1. The predicted molar refractivity (Wildman–Crippen MR) is 105 cm³/mol. The first-order valence-corrected chi connectivity index (χ1v) is 10.0. The van der Waals surface area contributed by atoms with Crippen molar-refractivity contribution in [3.8, 4) is 0 Å². The lowest BCUT2D eigenvalue weighted by atomic mass is 10.2. The maximum Gasteiger partial charge on any atom is 0.271 e. The molecule has 10 heteroatoms. The molecule has 0 radical (unpaired) electrons. The highest BCUT2D eigenvalue weighted by atomic mass is 35.5. The molecular weight excluding hydrogens is 394 g/mol. The molecule has 8 nitrogen and oxygen atoms in total. The Balaban J connectivity index is 2.38. The number of nitrogens with zero attached hydrogens (tertiary/aromatic N) is 2. The summed E-state index contributed by atoms with van der Waals surface area (Å²) in [4.78, 5) is 23.0. The molecule has 0 aliphatic rings. The van der Waals surface area contributed by atoms with E-state index in [-0.39, 0.29) is 11.4 Å². The Morgan fingerprint density at radius 2 is 1.93 bits per heavy atom. The Kier molecular flexibility index (Phi) is 6.07. The number of carbonyl (C=O) groups excluding carboxylic acids is 1. The van der Waals surface area contributed by atoms with E-state index < -0.39 is 26.9 Å². The minimum atomic E-state index is -3.89. The predicted octanol–water partition coefficient (Wildman–Crippen LogP) is 3.35. The van der Waals surface area contributed by atoms with E-state index in [2.05, 4.69) is 5.32 Å².